The summed E-state index contributed by atoms with van der Waals surface area (Å²) >= 11 is 0. The fourth-order valence-corrected chi connectivity index (χ4v) is 1.76. The van der Waals surface area contributed by atoms with E-state index in [1.165, 1.54) is 24.5 Å². The van der Waals surface area contributed by atoms with Crippen LogP contribution in [0, 0.1) is 10.1 Å². The number of benzene rings is 1. The van der Waals surface area contributed by atoms with Gasteiger partial charge < -0.3 is 14.9 Å². The van der Waals surface area contributed by atoms with E-state index in [2.05, 4.69) is 15.6 Å². The summed E-state index contributed by atoms with van der Waals surface area (Å²) in [7, 11) is 0. The molecule has 0 saturated heterocycles. The minimum atomic E-state index is -0.955. The third-order valence-corrected chi connectivity index (χ3v) is 2.97. The van der Waals surface area contributed by atoms with Gasteiger partial charge in [0.1, 0.15) is 12.0 Å². The lowest BCUT2D eigenvalue weighted by molar-refractivity contribution is -0.384. The van der Waals surface area contributed by atoms with Crippen LogP contribution in [0.5, 0.6) is 5.75 Å². The van der Waals surface area contributed by atoms with E-state index in [-0.39, 0.29) is 17.5 Å². The molecule has 23 heavy (non-hydrogen) atoms. The van der Waals surface area contributed by atoms with Gasteiger partial charge in [-0.2, -0.15) is 5.48 Å². The molecule has 0 fully saturated rings. The highest BCUT2D eigenvalue weighted by Crippen LogP contribution is 2.35. The van der Waals surface area contributed by atoms with Crippen LogP contribution in [0.25, 0.3) is 0 Å². The number of amides is 2. The zero-order valence-corrected chi connectivity index (χ0v) is 12.5. The smallest absolute Gasteiger partial charge is 0.271 e. The minimum Gasteiger partial charge on any atom is -0.476 e. The molecule has 2 aliphatic heterocycles. The monoisotopic (exact) mass is 321 g/mol. The molecule has 3 rings (SSSR count). The predicted molar refractivity (Wildman–Crippen MR) is 79.4 cm³/mol. The highest BCUT2D eigenvalue weighted by Gasteiger charge is 2.35. The van der Waals surface area contributed by atoms with Gasteiger partial charge in [-0.15, -0.1) is 0 Å². The third kappa shape index (κ3) is 3.96. The molecule has 2 heterocycles. The second kappa shape index (κ2) is 6.34. The van der Waals surface area contributed by atoms with Crippen LogP contribution >= 0.6 is 0 Å². The van der Waals surface area contributed by atoms with Crippen molar-refractivity contribution in [3.63, 3.8) is 0 Å². The first-order chi connectivity index (χ1) is 10.8. The summed E-state index contributed by atoms with van der Waals surface area (Å²) in [5.74, 6) is 0.0261. The molecule has 0 atom stereocenters. The SMILES string of the molecule is CC1(C)Oc2ccc([N+](=O)[O-])cc2NC1=O.O=C1CC=CON1. The standard InChI is InChI=1S/C10H10N2O4.C4H5NO2/c1-10(2)9(13)11-7-5-6(12(14)15)3-4-8(7)16-10;6-4-2-1-3-7-5-4/h3-5H,1-2H3,(H,11,13);1,3H,2H2,(H,5,6). The van der Waals surface area contributed by atoms with E-state index >= 15 is 0 Å². The Morgan fingerprint density at radius 1 is 1.30 bits per heavy atom. The number of nitrogens with zero attached hydrogens (tertiary/aromatic N) is 1. The summed E-state index contributed by atoms with van der Waals surface area (Å²) < 4.78 is 5.43. The molecule has 122 valence electrons. The molecule has 2 N–H and O–H groups in total. The summed E-state index contributed by atoms with van der Waals surface area (Å²) in [6.07, 6.45) is 3.53. The van der Waals surface area contributed by atoms with Crippen molar-refractivity contribution >= 4 is 23.2 Å². The van der Waals surface area contributed by atoms with Crippen LogP contribution in [-0.2, 0) is 14.4 Å². The van der Waals surface area contributed by atoms with Crippen LogP contribution in [0.2, 0.25) is 0 Å². The number of rotatable bonds is 1. The second-order valence-electron chi connectivity index (χ2n) is 5.22. The highest BCUT2D eigenvalue weighted by molar-refractivity contribution is 6.00. The van der Waals surface area contributed by atoms with Gasteiger partial charge in [0, 0.05) is 12.1 Å². The Balaban J connectivity index is 0.000000229. The predicted octanol–water partition coefficient (Wildman–Crippen LogP) is 1.66. The van der Waals surface area contributed by atoms with Gasteiger partial charge in [0.15, 0.2) is 5.60 Å². The first kappa shape index (κ1) is 16.3. The van der Waals surface area contributed by atoms with Crippen molar-refractivity contribution in [1.29, 1.82) is 0 Å². The summed E-state index contributed by atoms with van der Waals surface area (Å²) in [5.41, 5.74) is 1.45. The first-order valence-electron chi connectivity index (χ1n) is 6.68. The fraction of sp³-hybridized carbons (Fsp3) is 0.286. The molecule has 0 spiro atoms. The number of carbonyl (C=O) groups excluding carboxylic acids is 2. The number of ether oxygens (including phenoxy) is 1. The molecular formula is C14H15N3O6. The van der Waals surface area contributed by atoms with Gasteiger partial charge in [0.2, 0.25) is 0 Å². The molecule has 2 aliphatic rings. The van der Waals surface area contributed by atoms with Crippen molar-refractivity contribution in [3.05, 3.63) is 40.7 Å². The van der Waals surface area contributed by atoms with Gasteiger partial charge >= 0.3 is 0 Å². The fourth-order valence-electron chi connectivity index (χ4n) is 1.76. The summed E-state index contributed by atoms with van der Waals surface area (Å²) in [6.45, 7) is 3.26. The largest absolute Gasteiger partial charge is 0.476 e. The maximum absolute atomic E-state index is 11.6. The van der Waals surface area contributed by atoms with E-state index in [1.807, 2.05) is 0 Å². The average molecular weight is 321 g/mol. The number of nitro benzene ring substituents is 1. The Kier molecular flexibility index (Phi) is 4.49. The highest BCUT2D eigenvalue weighted by atomic mass is 16.6. The molecule has 0 radical (unpaired) electrons. The number of non-ortho nitro benzene ring substituents is 1. The lowest BCUT2D eigenvalue weighted by Gasteiger charge is -2.31. The van der Waals surface area contributed by atoms with E-state index in [9.17, 15) is 19.7 Å². The molecule has 2 amide bonds. The average Bonchev–Trinajstić information content (AvgIpc) is 2.49. The lowest BCUT2D eigenvalue weighted by atomic mass is 10.1. The number of carbonyl (C=O) groups is 2. The molecule has 0 unspecified atom stereocenters. The van der Waals surface area contributed by atoms with Gasteiger partial charge in [-0.05, 0) is 26.0 Å². The number of anilines is 1. The Hall–Kier alpha value is -3.10. The maximum Gasteiger partial charge on any atom is 0.271 e. The van der Waals surface area contributed by atoms with Crippen molar-refractivity contribution < 1.29 is 24.1 Å². The Labute approximate surface area is 131 Å². The third-order valence-electron chi connectivity index (χ3n) is 2.97. The van der Waals surface area contributed by atoms with Crippen LogP contribution in [-0.4, -0.2) is 22.3 Å². The molecule has 0 aliphatic carbocycles. The van der Waals surface area contributed by atoms with Crippen molar-refractivity contribution in [1.82, 2.24) is 5.48 Å². The van der Waals surface area contributed by atoms with Crippen molar-refractivity contribution in [3.8, 4) is 5.75 Å². The molecule has 9 heteroatoms. The summed E-state index contributed by atoms with van der Waals surface area (Å²) in [5, 5.41) is 13.1. The number of nitrogens with one attached hydrogen (secondary N) is 2. The molecule has 1 aromatic carbocycles. The van der Waals surface area contributed by atoms with E-state index in [4.69, 9.17) is 4.74 Å². The lowest BCUT2D eigenvalue weighted by Crippen LogP contribution is -2.45. The second-order valence-corrected chi connectivity index (χ2v) is 5.22. The van der Waals surface area contributed by atoms with Crippen LogP contribution in [0.15, 0.2) is 30.5 Å². The zero-order chi connectivity index (χ0) is 17.0. The van der Waals surface area contributed by atoms with Crippen LogP contribution in [0.3, 0.4) is 0 Å². The van der Waals surface area contributed by atoms with Crippen molar-refractivity contribution in [2.75, 3.05) is 5.32 Å². The molecule has 0 saturated carbocycles. The quantitative estimate of drug-likeness (QED) is 0.599. The number of hydroxylamine groups is 1. The minimum absolute atomic E-state index is 0.0812. The van der Waals surface area contributed by atoms with Crippen LogP contribution in [0.1, 0.15) is 20.3 Å². The number of nitro groups is 1. The van der Waals surface area contributed by atoms with E-state index in [0.29, 0.717) is 17.9 Å². The van der Waals surface area contributed by atoms with Gasteiger partial charge in [-0.1, -0.05) is 0 Å². The van der Waals surface area contributed by atoms with Gasteiger partial charge in [-0.25, -0.2) is 0 Å². The Morgan fingerprint density at radius 2 is 2.04 bits per heavy atom. The summed E-state index contributed by atoms with van der Waals surface area (Å²) in [4.78, 5) is 36.2. The summed E-state index contributed by atoms with van der Waals surface area (Å²) in [6, 6.07) is 4.10. The Bertz CT molecular complexity index is 683. The van der Waals surface area contributed by atoms with Gasteiger partial charge in [0.25, 0.3) is 17.5 Å². The van der Waals surface area contributed by atoms with E-state index in [0.717, 1.165) is 0 Å². The normalized spacial score (nSPS) is 17.3. The zero-order valence-electron chi connectivity index (χ0n) is 12.5. The number of hydrogen-bond donors (Lipinski definition) is 2. The van der Waals surface area contributed by atoms with Crippen molar-refractivity contribution in [2.45, 2.75) is 25.9 Å². The first-order valence-corrected chi connectivity index (χ1v) is 6.68. The van der Waals surface area contributed by atoms with E-state index in [1.54, 1.807) is 19.9 Å². The molecule has 0 aromatic heterocycles. The van der Waals surface area contributed by atoms with Crippen LogP contribution < -0.4 is 15.5 Å². The Morgan fingerprint density at radius 3 is 2.57 bits per heavy atom. The van der Waals surface area contributed by atoms with Crippen molar-refractivity contribution in [2.24, 2.45) is 0 Å². The molecular weight excluding hydrogens is 306 g/mol. The van der Waals surface area contributed by atoms with Crippen LogP contribution in [0.4, 0.5) is 11.4 Å². The molecule has 9 nitrogen and oxygen atoms in total. The molecule has 1 aromatic rings. The van der Waals surface area contributed by atoms with E-state index < -0.39 is 10.5 Å². The van der Waals surface area contributed by atoms with Gasteiger partial charge in [0.05, 0.1) is 17.0 Å². The maximum atomic E-state index is 11.6. The number of hydrogen-bond acceptors (Lipinski definition) is 6. The number of fused-ring (bicyclic) bond motifs is 1. The topological polar surface area (TPSA) is 120 Å². The molecule has 0 bridgehead atoms. The van der Waals surface area contributed by atoms with Gasteiger partial charge in [-0.3, -0.25) is 19.7 Å².